The van der Waals surface area contributed by atoms with Crippen molar-refractivity contribution in [3.8, 4) is 5.75 Å². The highest BCUT2D eigenvalue weighted by atomic mass is 31.1. The Hall–Kier alpha value is -3.24. The Kier molecular flexibility index (Phi) is 8.50. The SMILES string of the molecule is c1ccc(P(c2ccccc2)c2ccccc2OC2CCCCC2P(c2ccccc2)c2ccccc2)cc1. The van der Waals surface area contributed by atoms with Crippen LogP contribution < -0.4 is 31.3 Å². The van der Waals surface area contributed by atoms with Crippen LogP contribution in [0.4, 0.5) is 0 Å². The Bertz CT molecular complexity index is 1360. The second-order valence-corrected chi connectivity index (χ2v) is 14.6. The number of para-hydroxylation sites is 1. The molecule has 1 saturated carbocycles. The van der Waals surface area contributed by atoms with Crippen LogP contribution in [0.25, 0.3) is 0 Å². The van der Waals surface area contributed by atoms with E-state index in [2.05, 4.69) is 146 Å². The summed E-state index contributed by atoms with van der Waals surface area (Å²) in [5.74, 6) is 1.05. The van der Waals surface area contributed by atoms with Crippen LogP contribution in [-0.2, 0) is 0 Å². The Labute approximate surface area is 235 Å². The largest absolute Gasteiger partial charge is 0.489 e. The van der Waals surface area contributed by atoms with E-state index in [-0.39, 0.29) is 6.10 Å². The third-order valence-corrected chi connectivity index (χ3v) is 12.9. The van der Waals surface area contributed by atoms with Crippen molar-refractivity contribution in [1.29, 1.82) is 0 Å². The van der Waals surface area contributed by atoms with Gasteiger partial charge in [0, 0.05) is 11.0 Å². The molecule has 0 aliphatic heterocycles. The number of ether oxygens (including phenoxy) is 1. The maximum Gasteiger partial charge on any atom is 0.128 e. The predicted molar refractivity (Wildman–Crippen MR) is 171 cm³/mol. The summed E-state index contributed by atoms with van der Waals surface area (Å²) in [6, 6.07) is 53.0. The molecule has 0 spiro atoms. The van der Waals surface area contributed by atoms with Crippen molar-refractivity contribution < 1.29 is 4.74 Å². The first-order valence-corrected chi connectivity index (χ1v) is 16.7. The molecule has 2 atom stereocenters. The first-order chi connectivity index (χ1) is 19.4. The van der Waals surface area contributed by atoms with Gasteiger partial charge in [-0.05, 0) is 62.4 Å². The van der Waals surface area contributed by atoms with Crippen molar-refractivity contribution in [1.82, 2.24) is 0 Å². The van der Waals surface area contributed by atoms with Gasteiger partial charge in [0.25, 0.3) is 0 Å². The Morgan fingerprint density at radius 2 is 0.897 bits per heavy atom. The summed E-state index contributed by atoms with van der Waals surface area (Å²) in [5.41, 5.74) is 0.478. The highest BCUT2D eigenvalue weighted by molar-refractivity contribution is 7.80. The number of rotatable bonds is 8. The van der Waals surface area contributed by atoms with Gasteiger partial charge >= 0.3 is 0 Å². The summed E-state index contributed by atoms with van der Waals surface area (Å²) < 4.78 is 7.18. The molecule has 0 bridgehead atoms. The molecule has 0 aromatic heterocycles. The van der Waals surface area contributed by atoms with E-state index in [9.17, 15) is 0 Å². The van der Waals surface area contributed by atoms with E-state index < -0.39 is 15.8 Å². The van der Waals surface area contributed by atoms with Crippen molar-refractivity contribution in [3.63, 3.8) is 0 Å². The van der Waals surface area contributed by atoms with E-state index in [0.717, 1.165) is 12.2 Å². The molecule has 1 fully saturated rings. The lowest BCUT2D eigenvalue weighted by atomic mass is 9.97. The highest BCUT2D eigenvalue weighted by Gasteiger charge is 2.35. The number of hydrogen-bond acceptors (Lipinski definition) is 1. The summed E-state index contributed by atoms with van der Waals surface area (Å²) in [6.07, 6.45) is 4.99. The van der Waals surface area contributed by atoms with Crippen LogP contribution >= 0.6 is 15.8 Å². The van der Waals surface area contributed by atoms with Gasteiger partial charge in [0.2, 0.25) is 0 Å². The summed E-state index contributed by atoms with van der Waals surface area (Å²) in [7, 11) is -1.27. The molecule has 1 nitrogen and oxygen atoms in total. The highest BCUT2D eigenvalue weighted by Crippen LogP contribution is 2.48. The molecule has 1 aliphatic carbocycles. The van der Waals surface area contributed by atoms with Crippen LogP contribution in [0, 0.1) is 0 Å². The fourth-order valence-corrected chi connectivity index (χ4v) is 11.1. The van der Waals surface area contributed by atoms with Crippen molar-refractivity contribution in [2.24, 2.45) is 0 Å². The average Bonchev–Trinajstić information content (AvgIpc) is 3.01. The monoisotopic (exact) mass is 544 g/mol. The molecule has 5 aromatic rings. The fraction of sp³-hybridized carbons (Fsp3) is 0.167. The molecule has 0 saturated heterocycles. The molecule has 1 aliphatic rings. The topological polar surface area (TPSA) is 9.23 Å². The van der Waals surface area contributed by atoms with E-state index in [1.807, 2.05) is 0 Å². The first-order valence-electron chi connectivity index (χ1n) is 13.9. The van der Waals surface area contributed by atoms with Gasteiger partial charge in [-0.15, -0.1) is 0 Å². The minimum Gasteiger partial charge on any atom is -0.489 e. The smallest absolute Gasteiger partial charge is 0.128 e. The molecular formula is C36H34OP2. The van der Waals surface area contributed by atoms with E-state index in [1.54, 1.807) is 0 Å². The normalized spacial score (nSPS) is 17.3. The molecule has 2 unspecified atom stereocenters. The second-order valence-electron chi connectivity index (χ2n) is 10.0. The molecule has 0 radical (unpaired) electrons. The zero-order valence-electron chi connectivity index (χ0n) is 22.1. The quantitative estimate of drug-likeness (QED) is 0.187. The van der Waals surface area contributed by atoms with E-state index in [0.29, 0.717) is 5.66 Å². The third-order valence-electron chi connectivity index (χ3n) is 7.48. The maximum absolute atomic E-state index is 7.18. The summed E-state index contributed by atoms with van der Waals surface area (Å²) >= 11 is 0. The van der Waals surface area contributed by atoms with Crippen molar-refractivity contribution in [3.05, 3.63) is 146 Å². The van der Waals surface area contributed by atoms with Crippen LogP contribution in [0.1, 0.15) is 25.7 Å². The van der Waals surface area contributed by atoms with Crippen LogP contribution in [0.15, 0.2) is 146 Å². The lowest BCUT2D eigenvalue weighted by molar-refractivity contribution is 0.162. The Morgan fingerprint density at radius 3 is 1.44 bits per heavy atom. The van der Waals surface area contributed by atoms with Gasteiger partial charge in [0.15, 0.2) is 0 Å². The average molecular weight is 545 g/mol. The zero-order valence-corrected chi connectivity index (χ0v) is 23.9. The molecule has 39 heavy (non-hydrogen) atoms. The molecule has 5 aromatic carbocycles. The molecule has 0 N–H and O–H groups in total. The Balaban J connectivity index is 1.39. The predicted octanol–water partition coefficient (Wildman–Crippen LogP) is 7.27. The van der Waals surface area contributed by atoms with Gasteiger partial charge < -0.3 is 4.74 Å². The summed E-state index contributed by atoms with van der Waals surface area (Å²) in [4.78, 5) is 0. The lowest BCUT2D eigenvalue weighted by Crippen LogP contribution is -2.39. The van der Waals surface area contributed by atoms with Gasteiger partial charge in [0.05, 0.1) is 0 Å². The maximum atomic E-state index is 7.18. The minimum atomic E-state index is -0.731. The lowest BCUT2D eigenvalue weighted by Gasteiger charge is -2.38. The van der Waals surface area contributed by atoms with Crippen molar-refractivity contribution >= 4 is 42.4 Å². The van der Waals surface area contributed by atoms with Gasteiger partial charge in [-0.1, -0.05) is 146 Å². The van der Waals surface area contributed by atoms with Crippen LogP contribution in [0.5, 0.6) is 5.75 Å². The Morgan fingerprint density at radius 1 is 0.462 bits per heavy atom. The van der Waals surface area contributed by atoms with E-state index in [4.69, 9.17) is 4.74 Å². The molecule has 0 amide bonds. The molecule has 3 heteroatoms. The van der Waals surface area contributed by atoms with Gasteiger partial charge in [-0.25, -0.2) is 0 Å². The zero-order chi connectivity index (χ0) is 26.3. The van der Waals surface area contributed by atoms with Crippen LogP contribution in [0.3, 0.4) is 0 Å². The molecule has 6 rings (SSSR count). The second kappa shape index (κ2) is 12.7. The van der Waals surface area contributed by atoms with E-state index in [1.165, 1.54) is 45.8 Å². The number of hydrogen-bond donors (Lipinski definition) is 0. The third kappa shape index (κ3) is 6.01. The van der Waals surface area contributed by atoms with Gasteiger partial charge in [-0.2, -0.15) is 0 Å². The number of benzene rings is 5. The molecule has 194 valence electrons. The van der Waals surface area contributed by atoms with Crippen LogP contribution in [0.2, 0.25) is 0 Å². The summed E-state index contributed by atoms with van der Waals surface area (Å²) in [5, 5.41) is 6.90. The molecule has 0 heterocycles. The van der Waals surface area contributed by atoms with E-state index >= 15 is 0 Å². The van der Waals surface area contributed by atoms with Crippen molar-refractivity contribution in [2.75, 3.05) is 0 Å². The van der Waals surface area contributed by atoms with Crippen molar-refractivity contribution in [2.45, 2.75) is 37.4 Å². The minimum absolute atomic E-state index is 0.190. The van der Waals surface area contributed by atoms with Gasteiger partial charge in [-0.3, -0.25) is 0 Å². The fourth-order valence-electron chi connectivity index (χ4n) is 5.71. The molecular weight excluding hydrogens is 510 g/mol. The van der Waals surface area contributed by atoms with Crippen LogP contribution in [-0.4, -0.2) is 11.8 Å². The first kappa shape index (κ1) is 26.0. The standard InChI is InChI=1S/C36H34OP2/c1-5-17-29(18-6-1)38(30-19-7-2-8-20-30)35-27-15-13-25-33(35)37-34-26-14-16-28-36(34)39(31-21-9-3-10-22-31)32-23-11-4-12-24-32/h1-13,15,17-25,27,34,36H,14,16,26,28H2. The summed E-state index contributed by atoms with van der Waals surface area (Å²) in [6.45, 7) is 0. The van der Waals surface area contributed by atoms with Gasteiger partial charge in [0.1, 0.15) is 11.9 Å².